The van der Waals surface area contributed by atoms with Gasteiger partial charge in [-0.3, -0.25) is 19.2 Å². The number of carbonyl (C=O) groups is 4. The van der Waals surface area contributed by atoms with E-state index in [-0.39, 0.29) is 84.4 Å². The maximum Gasteiger partial charge on any atom is 0.355 e. The smallest absolute Gasteiger partial charge is 0.355 e. The van der Waals surface area contributed by atoms with Crippen LogP contribution in [0.1, 0.15) is 55.9 Å². The van der Waals surface area contributed by atoms with Gasteiger partial charge in [0, 0.05) is 45.5 Å². The number of fused-ring (bicyclic) bond motifs is 6. The van der Waals surface area contributed by atoms with E-state index in [0.717, 1.165) is 22.3 Å². The van der Waals surface area contributed by atoms with Crippen molar-refractivity contribution < 1.29 is 61.5 Å². The number of amides is 2. The minimum absolute atomic E-state index is 0.0114. The number of ether oxygens (including phenoxy) is 6. The lowest BCUT2D eigenvalue weighted by Crippen LogP contribution is -2.61. The predicted molar refractivity (Wildman–Crippen MR) is 373 cm³/mol. The summed E-state index contributed by atoms with van der Waals surface area (Å²) < 4.78 is 46.7. The first-order valence-electron chi connectivity index (χ1n) is 32.7. The summed E-state index contributed by atoms with van der Waals surface area (Å²) in [7, 11) is 0. The number of esters is 2. The number of azide groups is 2. The fraction of sp³-hybridized carbons (Fsp3) is 0.221. The van der Waals surface area contributed by atoms with Crippen molar-refractivity contribution in [2.45, 2.75) is 78.2 Å². The van der Waals surface area contributed by atoms with Gasteiger partial charge in [0.25, 0.3) is 0 Å². The summed E-state index contributed by atoms with van der Waals surface area (Å²) in [4.78, 5) is 93.5. The molecule has 6 aromatic rings. The molecule has 0 unspecified atom stereocenters. The molecule has 6 aliphatic heterocycles. The number of benzene rings is 8. The van der Waals surface area contributed by atoms with Gasteiger partial charge in [0.05, 0.1) is 30.0 Å². The molecule has 6 aromatic carbocycles. The first-order chi connectivity index (χ1) is 49.5. The quantitative estimate of drug-likeness (QED) is 0.0147. The largest absolute Gasteiger partial charge is 0.490 e. The second-order valence-electron chi connectivity index (χ2n) is 24.8. The van der Waals surface area contributed by atoms with Gasteiger partial charge in [-0.25, -0.2) is 19.6 Å². The molecule has 2 amide bonds. The van der Waals surface area contributed by atoms with E-state index < -0.39 is 24.0 Å². The maximum atomic E-state index is 13.3. The first-order valence-corrected chi connectivity index (χ1v) is 32.7. The van der Waals surface area contributed by atoms with Crippen LogP contribution in [0.15, 0.2) is 245 Å². The van der Waals surface area contributed by atoms with E-state index in [1.807, 2.05) is 92.7 Å². The van der Waals surface area contributed by atoms with Gasteiger partial charge in [0.1, 0.15) is 96.5 Å². The molecule has 2 aliphatic carbocycles. The molecule has 25 nitrogen and oxygen atoms in total. The summed E-state index contributed by atoms with van der Waals surface area (Å²) in [5.74, 6) is 1.14. The number of aliphatic hydroxyl groups is 1. The van der Waals surface area contributed by atoms with Crippen molar-refractivity contribution in [3.63, 3.8) is 0 Å². The van der Waals surface area contributed by atoms with Gasteiger partial charge in [0.2, 0.25) is 11.8 Å². The molecule has 8 aliphatic rings. The van der Waals surface area contributed by atoms with Crippen molar-refractivity contribution in [2.24, 2.45) is 28.0 Å². The van der Waals surface area contributed by atoms with E-state index in [2.05, 4.69) is 30.0 Å². The van der Waals surface area contributed by atoms with Gasteiger partial charge < -0.3 is 52.2 Å². The zero-order valence-electron chi connectivity index (χ0n) is 55.2. The van der Waals surface area contributed by atoms with Gasteiger partial charge in [-0.2, -0.15) is 0 Å². The van der Waals surface area contributed by atoms with Crippen molar-refractivity contribution in [2.75, 3.05) is 13.2 Å². The molecule has 0 spiro atoms. The molecule has 5 atom stereocenters. The van der Waals surface area contributed by atoms with Gasteiger partial charge in [-0.05, 0) is 155 Å². The van der Waals surface area contributed by atoms with Crippen molar-refractivity contribution >= 4 is 57.3 Å². The molecule has 0 saturated carbocycles. The lowest BCUT2D eigenvalue weighted by Gasteiger charge is -2.45. The minimum Gasteiger partial charge on any atom is -0.490 e. The molecule has 2 fully saturated rings. The van der Waals surface area contributed by atoms with Crippen LogP contribution in [0.4, 0.5) is 11.4 Å². The van der Waals surface area contributed by atoms with E-state index in [4.69, 9.17) is 48.3 Å². The van der Waals surface area contributed by atoms with Crippen LogP contribution in [0.2, 0.25) is 0 Å². The molecule has 1 N–H and O–H groups in total. The Kier molecular flexibility index (Phi) is 20.0. The molecule has 14 rings (SSSR count). The SMILES string of the molecule is CC(C)[C@H]1C(=O)N2C(C(=O)OCc3ccc(N=[N+]=[N-])cc3)=C(/C=C/COc3ccc(COc4ccc5nc6ccc(=O)cc-6oc5c4)cc3)C[C@H]12.C[C@@H](O)[C@H]1C(=O)N2C(C(=O)OCc3ccc(N=[N+]=[N-])cc3)=C(/C=C/COc3ccc(COc4ccc5nc6ccc(=O)cc-6oc5c4)cc3)C[C@H]12. The molecular weight excluding hydrogens is 1300 g/mol. The summed E-state index contributed by atoms with van der Waals surface area (Å²) in [5.41, 5.74) is 26.4. The fourth-order valence-electron chi connectivity index (χ4n) is 12.7. The van der Waals surface area contributed by atoms with Crippen LogP contribution in [0.5, 0.6) is 23.0 Å². The molecule has 25 heteroatoms. The van der Waals surface area contributed by atoms with Crippen molar-refractivity contribution in [1.82, 2.24) is 19.8 Å². The Morgan fingerprint density at radius 3 is 1.32 bits per heavy atom. The first kappa shape index (κ1) is 67.7. The van der Waals surface area contributed by atoms with Crippen LogP contribution in [-0.2, 0) is 55.1 Å². The predicted octanol–water partition coefficient (Wildman–Crippen LogP) is 14.0. The number of allylic oxidation sites excluding steroid dienone is 2. The second-order valence-corrected chi connectivity index (χ2v) is 24.8. The van der Waals surface area contributed by atoms with Gasteiger partial charge >= 0.3 is 11.9 Å². The summed E-state index contributed by atoms with van der Waals surface area (Å²) in [5, 5.41) is 17.3. The highest BCUT2D eigenvalue weighted by atomic mass is 16.5. The molecule has 6 heterocycles. The van der Waals surface area contributed by atoms with Crippen LogP contribution in [0.3, 0.4) is 0 Å². The number of aromatic nitrogens is 2. The highest BCUT2D eigenvalue weighted by Crippen LogP contribution is 2.47. The number of carbonyl (C=O) groups excluding carboxylic acids is 4. The Hall–Kier alpha value is -12.8. The normalized spacial score (nSPS) is 17.0. The number of aliphatic hydroxyl groups excluding tert-OH is 1. The highest BCUT2D eigenvalue weighted by Gasteiger charge is 2.57. The third kappa shape index (κ3) is 15.1. The average Bonchev–Trinajstić information content (AvgIpc) is 1.56. The van der Waals surface area contributed by atoms with Gasteiger partial charge in [-0.15, -0.1) is 0 Å². The number of hydrogen-bond donors (Lipinski definition) is 1. The summed E-state index contributed by atoms with van der Waals surface area (Å²) >= 11 is 0. The van der Waals surface area contributed by atoms with Crippen LogP contribution < -0.4 is 29.8 Å². The van der Waals surface area contributed by atoms with Crippen LogP contribution in [-0.4, -0.2) is 80.0 Å². The molecule has 0 aromatic heterocycles. The maximum absolute atomic E-state index is 13.3. The number of rotatable bonds is 24. The van der Waals surface area contributed by atoms with E-state index >= 15 is 0 Å². The minimum atomic E-state index is -0.846. The Morgan fingerprint density at radius 1 is 0.520 bits per heavy atom. The zero-order chi connectivity index (χ0) is 71.0. The standard InChI is InChI=1S/C39H33N5O7.C38H31N5O8/c1-23(2)36-33-18-26(37(44(33)38(36)46)39(47)50-22-24-5-9-27(10-6-24)42-43-40)4-3-17-48-29-12-7-25(8-13-29)21-49-30-14-16-32-35(20-30)51-34-19-28(45)11-15-31(34)41-32;1-22(44)35-32-17-25(36(43(32)37(35)46)38(47)50-21-23-4-8-26(9-5-23)41-42-39)3-2-16-48-28-11-6-24(7-12-28)20-49-29-13-15-31-34(19-29)51-33-18-27(45)10-14-30(33)40-31/h3-16,19-20,23,33,36H,17-18,21-22H2,1-2H3;2-15,18-19,22,32,35,44H,16-17,20-21H2,1H3/b4-3+;3-2+/t33-,36-;22-,32-,35-/m11/s1. The Bertz CT molecular complexity index is 4830. The van der Waals surface area contributed by atoms with Crippen LogP contribution in [0, 0.1) is 17.8 Å². The highest BCUT2D eigenvalue weighted by molar-refractivity contribution is 6.02. The third-order valence-electron chi connectivity index (χ3n) is 17.7. The van der Waals surface area contributed by atoms with Crippen LogP contribution in [0.25, 0.3) is 66.0 Å². The van der Waals surface area contributed by atoms with Crippen molar-refractivity contribution in [1.29, 1.82) is 0 Å². The summed E-state index contributed by atoms with van der Waals surface area (Å²) in [6.45, 7) is 6.65. The third-order valence-corrected chi connectivity index (χ3v) is 17.7. The monoisotopic (exact) mass is 1370 g/mol. The Balaban J connectivity index is 0.000000182. The summed E-state index contributed by atoms with van der Waals surface area (Å²) in [6, 6.07) is 47.6. The lowest BCUT2D eigenvalue weighted by molar-refractivity contribution is -0.162. The molecule has 0 radical (unpaired) electrons. The number of nitrogens with zero attached hydrogens (tertiary/aromatic N) is 10. The molecule has 102 heavy (non-hydrogen) atoms. The average molecular weight is 1370 g/mol. The van der Waals surface area contributed by atoms with E-state index in [9.17, 15) is 33.9 Å². The molecule has 512 valence electrons. The Labute approximate surface area is 581 Å². The van der Waals surface area contributed by atoms with Crippen molar-refractivity contribution in [3.05, 3.63) is 280 Å². The number of hydrogen-bond acceptors (Lipinski definition) is 19. The fourth-order valence-corrected chi connectivity index (χ4v) is 12.7. The van der Waals surface area contributed by atoms with Gasteiger partial charge in [0.15, 0.2) is 33.5 Å². The summed E-state index contributed by atoms with van der Waals surface area (Å²) in [6.07, 6.45) is 7.30. The molecule has 2 saturated heterocycles. The van der Waals surface area contributed by atoms with Gasteiger partial charge in [-0.1, -0.05) is 109 Å². The van der Waals surface area contributed by atoms with Crippen LogP contribution >= 0.6 is 0 Å². The molecule has 0 bridgehead atoms. The topological polar surface area (TPSA) is 334 Å². The van der Waals surface area contributed by atoms with E-state index in [0.29, 0.717) is 117 Å². The van der Waals surface area contributed by atoms with Crippen molar-refractivity contribution in [3.8, 4) is 45.9 Å². The second kappa shape index (κ2) is 30.1. The van der Waals surface area contributed by atoms with E-state index in [1.165, 1.54) is 29.2 Å². The Morgan fingerprint density at radius 2 is 0.912 bits per heavy atom. The lowest BCUT2D eigenvalue weighted by atomic mass is 9.79. The molecular formula is C77H64N10O15. The van der Waals surface area contributed by atoms with E-state index in [1.54, 1.807) is 103 Å². The zero-order valence-corrected chi connectivity index (χ0v) is 55.2. The number of β-lactam (4-membered cyclic amide) rings is 2.